The smallest absolute Gasteiger partial charge is 0.0707 e. The highest BCUT2D eigenvalue weighted by Crippen LogP contribution is 2.40. The first kappa shape index (κ1) is 28.2. The van der Waals surface area contributed by atoms with Gasteiger partial charge in [0.05, 0.1) is 7.57 Å². The minimum absolute atomic E-state index is 1.19. The normalized spacial score (nSPS) is 11.4. The van der Waals surface area contributed by atoms with E-state index in [0.717, 1.165) is 0 Å². The van der Waals surface area contributed by atoms with Crippen LogP contribution in [0, 0.1) is 0 Å². The summed E-state index contributed by atoms with van der Waals surface area (Å²) < 4.78 is 2.49. The molecular weight excluding hydrogens is 584 g/mol. The lowest BCUT2D eigenvalue weighted by atomic mass is 10.00. The molecule has 0 saturated carbocycles. The van der Waals surface area contributed by atoms with Crippen LogP contribution in [0.15, 0.2) is 44.0 Å². The van der Waals surface area contributed by atoms with E-state index in [1.807, 2.05) is 22.7 Å². The van der Waals surface area contributed by atoms with Crippen molar-refractivity contribution < 1.29 is 0 Å². The zero-order chi connectivity index (χ0) is 24.2. The number of benzene rings is 1. The van der Waals surface area contributed by atoms with Gasteiger partial charge in [-0.1, -0.05) is 102 Å². The van der Waals surface area contributed by atoms with Gasteiger partial charge in [-0.05, 0) is 91.9 Å². The van der Waals surface area contributed by atoms with Gasteiger partial charge < -0.3 is 0 Å². The summed E-state index contributed by atoms with van der Waals surface area (Å²) in [5, 5.41) is 0. The molecule has 0 nitrogen and oxygen atoms in total. The molecule has 0 bridgehead atoms. The van der Waals surface area contributed by atoms with Gasteiger partial charge in [-0.3, -0.25) is 0 Å². The fourth-order valence-electron chi connectivity index (χ4n) is 4.61. The summed E-state index contributed by atoms with van der Waals surface area (Å²) >= 11 is 11.2. The van der Waals surface area contributed by atoms with Gasteiger partial charge in [0.25, 0.3) is 0 Å². The number of hydrogen-bond acceptors (Lipinski definition) is 2. The second-order valence-electron chi connectivity index (χ2n) is 9.42. The Morgan fingerprint density at radius 1 is 0.529 bits per heavy atom. The van der Waals surface area contributed by atoms with Crippen molar-refractivity contribution >= 4 is 54.5 Å². The molecule has 0 fully saturated rings. The zero-order valence-electron chi connectivity index (χ0n) is 20.9. The van der Waals surface area contributed by atoms with Crippen LogP contribution in [0.25, 0.3) is 20.9 Å². The number of hydrogen-bond donors (Lipinski definition) is 0. The second kappa shape index (κ2) is 15.6. The molecule has 0 amide bonds. The van der Waals surface area contributed by atoms with Crippen molar-refractivity contribution in [2.75, 3.05) is 0 Å². The van der Waals surface area contributed by atoms with E-state index in [1.54, 1.807) is 0 Å². The van der Waals surface area contributed by atoms with Crippen molar-refractivity contribution in [2.24, 2.45) is 0 Å². The maximum absolute atomic E-state index is 3.75. The van der Waals surface area contributed by atoms with Gasteiger partial charge in [0.15, 0.2) is 0 Å². The van der Waals surface area contributed by atoms with Crippen molar-refractivity contribution in [3.05, 3.63) is 55.1 Å². The Balaban J connectivity index is 1.62. The Labute approximate surface area is 232 Å². The average Bonchev–Trinajstić information content (AvgIpc) is 3.40. The molecule has 2 heterocycles. The van der Waals surface area contributed by atoms with Crippen molar-refractivity contribution in [1.82, 2.24) is 0 Å². The first-order chi connectivity index (χ1) is 16.6. The predicted molar refractivity (Wildman–Crippen MR) is 163 cm³/mol. The van der Waals surface area contributed by atoms with Gasteiger partial charge in [-0.15, -0.1) is 22.7 Å². The van der Waals surface area contributed by atoms with E-state index in [-0.39, 0.29) is 0 Å². The summed E-state index contributed by atoms with van der Waals surface area (Å²) in [7, 11) is 0. The Kier molecular flexibility index (Phi) is 13.0. The molecule has 0 unspecified atom stereocenters. The van der Waals surface area contributed by atoms with E-state index in [4.69, 9.17) is 0 Å². The predicted octanol–water partition coefficient (Wildman–Crippen LogP) is 12.5. The molecular formula is C30H40Br2S2. The molecule has 0 radical (unpaired) electrons. The molecule has 0 saturated heterocycles. The number of rotatable bonds is 16. The minimum Gasteiger partial charge on any atom is -0.128 e. The van der Waals surface area contributed by atoms with Gasteiger partial charge in [0, 0.05) is 9.75 Å². The summed E-state index contributed by atoms with van der Waals surface area (Å²) in [4.78, 5) is 2.87. The van der Waals surface area contributed by atoms with Gasteiger partial charge in [-0.2, -0.15) is 0 Å². The summed E-state index contributed by atoms with van der Waals surface area (Å²) in [6.07, 6.45) is 18.6. The zero-order valence-corrected chi connectivity index (χ0v) is 25.7. The van der Waals surface area contributed by atoms with E-state index in [1.165, 1.54) is 129 Å². The molecule has 0 atom stereocenters. The lowest BCUT2D eigenvalue weighted by Crippen LogP contribution is -1.88. The first-order valence-electron chi connectivity index (χ1n) is 13.3. The third-order valence-corrected chi connectivity index (χ3v) is 10.0. The van der Waals surface area contributed by atoms with E-state index >= 15 is 0 Å². The highest BCUT2D eigenvalue weighted by atomic mass is 79.9. The molecule has 0 N–H and O–H groups in total. The Bertz CT molecular complexity index is 889. The molecule has 186 valence electrons. The van der Waals surface area contributed by atoms with Crippen LogP contribution in [-0.4, -0.2) is 0 Å². The van der Waals surface area contributed by atoms with Gasteiger partial charge in [0.2, 0.25) is 0 Å². The van der Waals surface area contributed by atoms with E-state index in [2.05, 4.69) is 82.1 Å². The van der Waals surface area contributed by atoms with Crippen LogP contribution in [0.1, 0.15) is 102 Å². The number of aryl methyl sites for hydroxylation is 2. The maximum atomic E-state index is 3.75. The van der Waals surface area contributed by atoms with E-state index in [9.17, 15) is 0 Å². The molecule has 34 heavy (non-hydrogen) atoms. The van der Waals surface area contributed by atoms with E-state index in [0.29, 0.717) is 0 Å². The van der Waals surface area contributed by atoms with Crippen LogP contribution in [0.2, 0.25) is 0 Å². The highest BCUT2D eigenvalue weighted by molar-refractivity contribution is 9.11. The Hall–Kier alpha value is -0.420. The fourth-order valence-corrected chi connectivity index (χ4v) is 8.02. The van der Waals surface area contributed by atoms with Gasteiger partial charge in [-0.25, -0.2) is 0 Å². The monoisotopic (exact) mass is 622 g/mol. The SMILES string of the molecule is CCCCCCCCc1cc(Br)sc1-c1ccc(-c2sc(Br)cc2CCCCCCCC)cc1. The third-order valence-electron chi connectivity index (χ3n) is 6.57. The van der Waals surface area contributed by atoms with Crippen molar-refractivity contribution in [3.8, 4) is 20.9 Å². The summed E-state index contributed by atoms with van der Waals surface area (Å²) in [6, 6.07) is 14.0. The van der Waals surface area contributed by atoms with Gasteiger partial charge >= 0.3 is 0 Å². The summed E-state index contributed by atoms with van der Waals surface area (Å²) in [5.41, 5.74) is 5.72. The number of halogens is 2. The largest absolute Gasteiger partial charge is 0.128 e. The van der Waals surface area contributed by atoms with Crippen LogP contribution in [0.5, 0.6) is 0 Å². The fraction of sp³-hybridized carbons (Fsp3) is 0.533. The standard InChI is InChI=1S/C30H40Br2S2/c1-3-5-7-9-11-13-15-25-21-27(31)33-29(25)23-17-19-24(20-18-23)30-26(22-28(32)34-30)16-14-12-10-8-6-4-2/h17-22H,3-16H2,1-2H3. The van der Waals surface area contributed by atoms with Crippen LogP contribution >= 0.6 is 54.5 Å². The molecule has 0 aliphatic rings. The van der Waals surface area contributed by atoms with Crippen molar-refractivity contribution in [1.29, 1.82) is 0 Å². The topological polar surface area (TPSA) is 0 Å². The van der Waals surface area contributed by atoms with Crippen LogP contribution in [0.4, 0.5) is 0 Å². The van der Waals surface area contributed by atoms with Crippen LogP contribution in [0.3, 0.4) is 0 Å². The van der Waals surface area contributed by atoms with Crippen molar-refractivity contribution in [2.45, 2.75) is 104 Å². The Morgan fingerprint density at radius 3 is 1.26 bits per heavy atom. The molecule has 1 aromatic carbocycles. The maximum Gasteiger partial charge on any atom is 0.0707 e. The minimum atomic E-state index is 1.19. The number of thiophene rings is 2. The lowest BCUT2D eigenvalue weighted by Gasteiger charge is -2.08. The van der Waals surface area contributed by atoms with Gasteiger partial charge in [0.1, 0.15) is 0 Å². The molecule has 0 spiro atoms. The first-order valence-corrected chi connectivity index (χ1v) is 16.5. The summed E-state index contributed by atoms with van der Waals surface area (Å²) in [6.45, 7) is 4.57. The number of unbranched alkanes of at least 4 members (excludes halogenated alkanes) is 10. The van der Waals surface area contributed by atoms with Crippen molar-refractivity contribution in [3.63, 3.8) is 0 Å². The summed E-state index contributed by atoms with van der Waals surface area (Å²) in [5.74, 6) is 0. The molecule has 3 aromatic rings. The third kappa shape index (κ3) is 8.91. The Morgan fingerprint density at radius 2 is 0.882 bits per heavy atom. The lowest BCUT2D eigenvalue weighted by molar-refractivity contribution is 0.608. The highest BCUT2D eigenvalue weighted by Gasteiger charge is 2.13. The van der Waals surface area contributed by atoms with Crippen LogP contribution < -0.4 is 0 Å². The molecule has 2 aromatic heterocycles. The van der Waals surface area contributed by atoms with Crippen LogP contribution in [-0.2, 0) is 12.8 Å². The molecule has 3 rings (SSSR count). The quantitative estimate of drug-likeness (QED) is 0.139. The van der Waals surface area contributed by atoms with E-state index < -0.39 is 0 Å². The molecule has 4 heteroatoms. The molecule has 0 aliphatic heterocycles. The molecule has 0 aliphatic carbocycles. The average molecular weight is 625 g/mol. The second-order valence-corrected chi connectivity index (χ2v) is 14.3.